The highest BCUT2D eigenvalue weighted by atomic mass is 79.9. The van der Waals surface area contributed by atoms with Gasteiger partial charge in [0, 0.05) is 23.2 Å². The topological polar surface area (TPSA) is 85.9 Å². The van der Waals surface area contributed by atoms with Gasteiger partial charge in [0.15, 0.2) is 0 Å². The number of hydrogen-bond acceptors (Lipinski definition) is 5. The summed E-state index contributed by atoms with van der Waals surface area (Å²) in [4.78, 5) is 10.3. The molecule has 1 aromatic heterocycles. The van der Waals surface area contributed by atoms with Gasteiger partial charge < -0.3 is 5.32 Å². The van der Waals surface area contributed by atoms with Crippen LogP contribution in [0.4, 0.5) is 5.69 Å². The van der Waals surface area contributed by atoms with Gasteiger partial charge in [0.2, 0.25) is 0 Å². The van der Waals surface area contributed by atoms with Gasteiger partial charge in [-0.1, -0.05) is 5.21 Å². The van der Waals surface area contributed by atoms with E-state index in [4.69, 9.17) is 0 Å². The number of aromatic nitrogens is 3. The molecule has 0 saturated heterocycles. The molecule has 18 heavy (non-hydrogen) atoms. The quantitative estimate of drug-likeness (QED) is 0.685. The van der Waals surface area contributed by atoms with Crippen LogP contribution in [0.5, 0.6) is 0 Å². The maximum absolute atomic E-state index is 10.7. The summed E-state index contributed by atoms with van der Waals surface area (Å²) >= 11 is 3.34. The van der Waals surface area contributed by atoms with Crippen LogP contribution in [0, 0.1) is 10.1 Å². The molecule has 1 N–H and O–H groups in total. The summed E-state index contributed by atoms with van der Waals surface area (Å²) in [6.07, 6.45) is 1.72. The molecule has 0 saturated carbocycles. The van der Waals surface area contributed by atoms with Gasteiger partial charge in [-0.05, 0) is 29.0 Å². The number of non-ortho nitro benzene ring substituents is 1. The summed E-state index contributed by atoms with van der Waals surface area (Å²) in [7, 11) is 1.81. The molecule has 0 unspecified atom stereocenters. The van der Waals surface area contributed by atoms with Crippen molar-refractivity contribution < 1.29 is 4.92 Å². The first-order valence-electron chi connectivity index (χ1n) is 5.12. The van der Waals surface area contributed by atoms with E-state index in [1.165, 1.54) is 16.8 Å². The van der Waals surface area contributed by atoms with Crippen LogP contribution in [0.25, 0.3) is 5.69 Å². The number of nitrogens with one attached hydrogen (secondary N) is 1. The third-order valence-corrected chi connectivity index (χ3v) is 2.96. The first-order valence-corrected chi connectivity index (χ1v) is 5.91. The summed E-state index contributed by atoms with van der Waals surface area (Å²) < 4.78 is 2.22. The molecular weight excluding hydrogens is 302 g/mol. The Morgan fingerprint density at radius 3 is 3.00 bits per heavy atom. The third-order valence-electron chi connectivity index (χ3n) is 2.29. The average Bonchev–Trinajstić information content (AvgIpc) is 2.78. The van der Waals surface area contributed by atoms with Crippen molar-refractivity contribution in [3.8, 4) is 5.69 Å². The minimum atomic E-state index is -0.443. The molecule has 0 spiro atoms. The van der Waals surface area contributed by atoms with Crippen LogP contribution < -0.4 is 5.32 Å². The Morgan fingerprint density at radius 1 is 1.56 bits per heavy atom. The predicted octanol–water partition coefficient (Wildman–Crippen LogP) is 1.66. The Bertz CT molecular complexity index is 583. The molecule has 94 valence electrons. The molecule has 2 rings (SSSR count). The van der Waals surface area contributed by atoms with Gasteiger partial charge in [0.05, 0.1) is 22.5 Å². The van der Waals surface area contributed by atoms with Gasteiger partial charge >= 0.3 is 0 Å². The van der Waals surface area contributed by atoms with Crippen LogP contribution in [0.2, 0.25) is 0 Å². The summed E-state index contributed by atoms with van der Waals surface area (Å²) in [5.74, 6) is 0. The molecule has 0 amide bonds. The van der Waals surface area contributed by atoms with Crippen molar-refractivity contribution in [1.29, 1.82) is 0 Å². The molecule has 0 bridgehead atoms. The second-order valence-corrected chi connectivity index (χ2v) is 4.43. The standard InChI is InChI=1S/C10H10BrN5O2/c1-12-5-7-6-15(14-13-7)10-4-8(16(17)18)2-3-9(10)11/h2-4,6,12H,5H2,1H3. The van der Waals surface area contributed by atoms with Crippen molar-refractivity contribution in [3.63, 3.8) is 0 Å². The van der Waals surface area contributed by atoms with Crippen molar-refractivity contribution in [3.05, 3.63) is 44.7 Å². The molecule has 1 aromatic carbocycles. The highest BCUT2D eigenvalue weighted by Crippen LogP contribution is 2.25. The zero-order valence-electron chi connectivity index (χ0n) is 9.50. The van der Waals surface area contributed by atoms with E-state index in [1.807, 2.05) is 7.05 Å². The van der Waals surface area contributed by atoms with E-state index >= 15 is 0 Å². The summed E-state index contributed by atoms with van der Waals surface area (Å²) in [5, 5.41) is 21.6. The maximum atomic E-state index is 10.7. The SMILES string of the molecule is CNCc1cn(-c2cc([N+](=O)[O-])ccc2Br)nn1. The normalized spacial score (nSPS) is 10.6. The molecule has 0 aliphatic carbocycles. The Kier molecular flexibility index (Phi) is 3.68. The van der Waals surface area contributed by atoms with E-state index in [-0.39, 0.29) is 5.69 Å². The molecular formula is C10H10BrN5O2. The predicted molar refractivity (Wildman–Crippen MR) is 68.5 cm³/mol. The number of benzene rings is 1. The largest absolute Gasteiger partial charge is 0.314 e. The summed E-state index contributed by atoms with van der Waals surface area (Å²) in [6, 6.07) is 4.49. The monoisotopic (exact) mass is 311 g/mol. The fourth-order valence-electron chi connectivity index (χ4n) is 1.47. The molecule has 2 aromatic rings. The van der Waals surface area contributed by atoms with Crippen LogP contribution in [-0.2, 0) is 6.54 Å². The van der Waals surface area contributed by atoms with Crippen LogP contribution in [0.1, 0.15) is 5.69 Å². The number of halogens is 1. The molecule has 7 nitrogen and oxygen atoms in total. The number of nitrogens with zero attached hydrogens (tertiary/aromatic N) is 4. The molecule has 0 aliphatic heterocycles. The lowest BCUT2D eigenvalue weighted by atomic mass is 10.3. The highest BCUT2D eigenvalue weighted by Gasteiger charge is 2.12. The smallest absolute Gasteiger partial charge is 0.271 e. The zero-order chi connectivity index (χ0) is 13.1. The molecule has 0 aliphatic rings. The van der Waals surface area contributed by atoms with E-state index in [0.717, 1.165) is 5.69 Å². The fourth-order valence-corrected chi connectivity index (χ4v) is 1.90. The van der Waals surface area contributed by atoms with E-state index in [9.17, 15) is 10.1 Å². The lowest BCUT2D eigenvalue weighted by molar-refractivity contribution is -0.384. The van der Waals surface area contributed by atoms with Crippen molar-refractivity contribution in [1.82, 2.24) is 20.3 Å². The summed E-state index contributed by atoms with van der Waals surface area (Å²) in [6.45, 7) is 0.590. The van der Waals surface area contributed by atoms with Crippen LogP contribution in [-0.4, -0.2) is 27.0 Å². The number of nitro benzene ring substituents is 1. The van der Waals surface area contributed by atoms with E-state index in [1.54, 1.807) is 12.3 Å². The lowest BCUT2D eigenvalue weighted by Gasteiger charge is -2.02. The Morgan fingerprint density at radius 2 is 2.33 bits per heavy atom. The second-order valence-electron chi connectivity index (χ2n) is 3.58. The van der Waals surface area contributed by atoms with Gasteiger partial charge in [-0.2, -0.15) is 0 Å². The van der Waals surface area contributed by atoms with Gasteiger partial charge in [-0.25, -0.2) is 4.68 Å². The van der Waals surface area contributed by atoms with Gasteiger partial charge in [0.25, 0.3) is 5.69 Å². The minimum Gasteiger partial charge on any atom is -0.314 e. The first kappa shape index (κ1) is 12.7. The van der Waals surface area contributed by atoms with Crippen molar-refractivity contribution in [2.24, 2.45) is 0 Å². The highest BCUT2D eigenvalue weighted by molar-refractivity contribution is 9.10. The minimum absolute atomic E-state index is 0.0128. The molecule has 0 radical (unpaired) electrons. The zero-order valence-corrected chi connectivity index (χ0v) is 11.1. The molecule has 0 fully saturated rings. The first-order chi connectivity index (χ1) is 8.61. The third kappa shape index (κ3) is 2.54. The van der Waals surface area contributed by atoms with Crippen molar-refractivity contribution >= 4 is 21.6 Å². The Hall–Kier alpha value is -1.80. The second kappa shape index (κ2) is 5.23. The van der Waals surface area contributed by atoms with Crippen LogP contribution in [0.3, 0.4) is 0 Å². The van der Waals surface area contributed by atoms with E-state index in [0.29, 0.717) is 16.7 Å². The number of rotatable bonds is 4. The summed E-state index contributed by atoms with van der Waals surface area (Å²) in [5.41, 5.74) is 1.36. The van der Waals surface area contributed by atoms with Crippen LogP contribution >= 0.6 is 15.9 Å². The maximum Gasteiger partial charge on any atom is 0.271 e. The van der Waals surface area contributed by atoms with E-state index in [2.05, 4.69) is 31.6 Å². The van der Waals surface area contributed by atoms with Gasteiger partial charge in [-0.15, -0.1) is 5.10 Å². The molecule has 1 heterocycles. The van der Waals surface area contributed by atoms with Crippen LogP contribution in [0.15, 0.2) is 28.9 Å². The van der Waals surface area contributed by atoms with Gasteiger partial charge in [-0.3, -0.25) is 10.1 Å². The molecule has 0 atom stereocenters. The molecule has 8 heteroatoms. The Balaban J connectivity index is 2.41. The fraction of sp³-hybridized carbons (Fsp3) is 0.200. The van der Waals surface area contributed by atoms with Gasteiger partial charge in [0.1, 0.15) is 0 Å². The average molecular weight is 312 g/mol. The Labute approximate surface area is 111 Å². The number of hydrogen-bond donors (Lipinski definition) is 1. The van der Waals surface area contributed by atoms with E-state index < -0.39 is 4.92 Å². The van der Waals surface area contributed by atoms with Crippen molar-refractivity contribution in [2.45, 2.75) is 6.54 Å². The number of nitro groups is 1. The lowest BCUT2D eigenvalue weighted by Crippen LogP contribution is -2.05. The van der Waals surface area contributed by atoms with Crippen molar-refractivity contribution in [2.75, 3.05) is 7.05 Å².